The first kappa shape index (κ1) is 13.1. The van der Waals surface area contributed by atoms with E-state index in [1.54, 1.807) is 12.1 Å². The first-order chi connectivity index (χ1) is 10.1. The molecule has 5 heteroatoms. The van der Waals surface area contributed by atoms with Crippen molar-refractivity contribution < 1.29 is 9.90 Å². The molecule has 0 aliphatic carbocycles. The second-order valence-electron chi connectivity index (χ2n) is 4.79. The maximum Gasteiger partial charge on any atom is 0.336 e. The molecule has 0 saturated carbocycles. The van der Waals surface area contributed by atoms with Gasteiger partial charge in [-0.25, -0.2) is 9.78 Å². The van der Waals surface area contributed by atoms with Crippen LogP contribution in [0, 0.1) is 6.92 Å². The van der Waals surface area contributed by atoms with E-state index < -0.39 is 11.5 Å². The first-order valence-corrected chi connectivity index (χ1v) is 6.39. The number of carboxylic acids is 1. The van der Waals surface area contributed by atoms with E-state index in [0.717, 1.165) is 11.1 Å². The van der Waals surface area contributed by atoms with Gasteiger partial charge in [-0.05, 0) is 19.1 Å². The number of nitrogens with one attached hydrogen (secondary N) is 1. The molecule has 3 aromatic rings. The third-order valence-corrected chi connectivity index (χ3v) is 3.29. The first-order valence-electron chi connectivity index (χ1n) is 6.39. The summed E-state index contributed by atoms with van der Waals surface area (Å²) >= 11 is 0. The summed E-state index contributed by atoms with van der Waals surface area (Å²) in [5.41, 5.74) is 1.76. The lowest BCUT2D eigenvalue weighted by molar-refractivity contribution is 0.0699. The number of rotatable bonds is 2. The molecule has 0 radical (unpaired) electrons. The highest BCUT2D eigenvalue weighted by Crippen LogP contribution is 2.18. The summed E-state index contributed by atoms with van der Waals surface area (Å²) in [6.07, 6.45) is 0. The highest BCUT2D eigenvalue weighted by atomic mass is 16.4. The maximum absolute atomic E-state index is 12.2. The lowest BCUT2D eigenvalue weighted by Gasteiger charge is -2.05. The van der Waals surface area contributed by atoms with Crippen LogP contribution >= 0.6 is 0 Å². The average molecular weight is 280 g/mol. The second-order valence-corrected chi connectivity index (χ2v) is 4.79. The second kappa shape index (κ2) is 4.86. The molecule has 0 atom stereocenters. The number of hydrogen-bond acceptors (Lipinski definition) is 3. The Balaban J connectivity index is 2.27. The van der Waals surface area contributed by atoms with Gasteiger partial charge in [0.05, 0.1) is 16.5 Å². The molecule has 0 aliphatic rings. The van der Waals surface area contributed by atoms with E-state index in [1.165, 1.54) is 6.07 Å². The van der Waals surface area contributed by atoms with Crippen molar-refractivity contribution in [1.29, 1.82) is 0 Å². The highest BCUT2D eigenvalue weighted by molar-refractivity contribution is 6.02. The minimum atomic E-state index is -1.14. The molecular formula is C16H12N2O3. The quantitative estimate of drug-likeness (QED) is 0.755. The zero-order chi connectivity index (χ0) is 15.0. The van der Waals surface area contributed by atoms with E-state index in [1.807, 2.05) is 31.2 Å². The Bertz CT molecular complexity index is 896. The molecule has 104 valence electrons. The molecule has 1 aromatic heterocycles. The van der Waals surface area contributed by atoms with Gasteiger partial charge in [-0.3, -0.25) is 4.79 Å². The number of H-pyrrole nitrogens is 1. The number of aromatic amines is 1. The van der Waals surface area contributed by atoms with Crippen molar-refractivity contribution in [2.45, 2.75) is 6.92 Å². The molecular weight excluding hydrogens is 268 g/mol. The molecule has 5 nitrogen and oxygen atoms in total. The SMILES string of the molecule is Cc1ccc(-c2nc3cccc(C(=O)O)c3c(=O)[nH]2)cc1. The van der Waals surface area contributed by atoms with Crippen LogP contribution < -0.4 is 5.56 Å². The van der Waals surface area contributed by atoms with E-state index in [4.69, 9.17) is 5.11 Å². The van der Waals surface area contributed by atoms with Gasteiger partial charge in [0.2, 0.25) is 0 Å². The van der Waals surface area contributed by atoms with Crippen molar-refractivity contribution in [2.24, 2.45) is 0 Å². The van der Waals surface area contributed by atoms with Gasteiger partial charge >= 0.3 is 5.97 Å². The van der Waals surface area contributed by atoms with Crippen LogP contribution in [0.1, 0.15) is 15.9 Å². The zero-order valence-electron chi connectivity index (χ0n) is 11.3. The van der Waals surface area contributed by atoms with Crippen molar-refractivity contribution in [1.82, 2.24) is 9.97 Å². The molecule has 0 spiro atoms. The van der Waals surface area contributed by atoms with Crippen molar-refractivity contribution >= 4 is 16.9 Å². The lowest BCUT2D eigenvalue weighted by Crippen LogP contribution is -2.13. The summed E-state index contributed by atoms with van der Waals surface area (Å²) < 4.78 is 0. The Kier molecular flexibility index (Phi) is 3.02. The number of carbonyl (C=O) groups is 1. The number of aryl methyl sites for hydroxylation is 1. The Hall–Kier alpha value is -2.95. The van der Waals surface area contributed by atoms with Gasteiger partial charge in [-0.15, -0.1) is 0 Å². The molecule has 2 aromatic carbocycles. The molecule has 3 rings (SSSR count). The Morgan fingerprint density at radius 2 is 1.86 bits per heavy atom. The van der Waals surface area contributed by atoms with E-state index >= 15 is 0 Å². The molecule has 2 N–H and O–H groups in total. The maximum atomic E-state index is 12.2. The number of fused-ring (bicyclic) bond motifs is 1. The number of nitrogens with zero attached hydrogens (tertiary/aromatic N) is 1. The van der Waals surface area contributed by atoms with Crippen molar-refractivity contribution in [3.63, 3.8) is 0 Å². The predicted octanol–water partition coefficient (Wildman–Crippen LogP) is 2.60. The Morgan fingerprint density at radius 1 is 1.14 bits per heavy atom. The van der Waals surface area contributed by atoms with Crippen LogP contribution in [0.5, 0.6) is 0 Å². The van der Waals surface area contributed by atoms with Gasteiger partial charge in [0.15, 0.2) is 0 Å². The highest BCUT2D eigenvalue weighted by Gasteiger charge is 2.13. The molecule has 0 aliphatic heterocycles. The van der Waals surface area contributed by atoms with Crippen LogP contribution in [-0.4, -0.2) is 21.0 Å². The van der Waals surface area contributed by atoms with Gasteiger partial charge in [0, 0.05) is 5.56 Å². The fraction of sp³-hybridized carbons (Fsp3) is 0.0625. The third kappa shape index (κ3) is 2.29. The van der Waals surface area contributed by atoms with Gasteiger partial charge in [-0.1, -0.05) is 35.9 Å². The molecule has 1 heterocycles. The molecule has 0 unspecified atom stereocenters. The van der Waals surface area contributed by atoms with Crippen molar-refractivity contribution in [3.8, 4) is 11.4 Å². The lowest BCUT2D eigenvalue weighted by atomic mass is 10.1. The van der Waals surface area contributed by atoms with Crippen LogP contribution in [0.3, 0.4) is 0 Å². The normalized spacial score (nSPS) is 10.7. The van der Waals surface area contributed by atoms with Gasteiger partial charge < -0.3 is 10.1 Å². The summed E-state index contributed by atoms with van der Waals surface area (Å²) in [7, 11) is 0. The minimum Gasteiger partial charge on any atom is -0.478 e. The summed E-state index contributed by atoms with van der Waals surface area (Å²) in [6, 6.07) is 12.2. The number of benzene rings is 2. The van der Waals surface area contributed by atoms with Crippen LogP contribution in [0.2, 0.25) is 0 Å². The van der Waals surface area contributed by atoms with E-state index in [2.05, 4.69) is 9.97 Å². The van der Waals surface area contributed by atoms with Crippen molar-refractivity contribution in [3.05, 3.63) is 63.9 Å². The van der Waals surface area contributed by atoms with Crippen LogP contribution in [-0.2, 0) is 0 Å². The number of aromatic carboxylic acids is 1. The van der Waals surface area contributed by atoms with Crippen LogP contribution in [0.4, 0.5) is 0 Å². The standard InChI is InChI=1S/C16H12N2O3/c1-9-5-7-10(8-6-9)14-17-12-4-2-3-11(16(20)21)13(12)15(19)18-14/h2-8H,1H3,(H,20,21)(H,17,18,19). The number of carboxylic acid groups (broad SMARTS) is 1. The topological polar surface area (TPSA) is 83.0 Å². The predicted molar refractivity (Wildman–Crippen MR) is 79.5 cm³/mol. The van der Waals surface area contributed by atoms with E-state index in [0.29, 0.717) is 11.3 Å². The van der Waals surface area contributed by atoms with E-state index in [-0.39, 0.29) is 10.9 Å². The molecule has 21 heavy (non-hydrogen) atoms. The molecule has 0 bridgehead atoms. The zero-order valence-corrected chi connectivity index (χ0v) is 11.3. The largest absolute Gasteiger partial charge is 0.478 e. The van der Waals surface area contributed by atoms with Crippen LogP contribution in [0.25, 0.3) is 22.3 Å². The number of hydrogen-bond donors (Lipinski definition) is 2. The summed E-state index contributed by atoms with van der Waals surface area (Å²) in [5.74, 6) is -0.717. The molecule has 0 amide bonds. The average Bonchev–Trinajstić information content (AvgIpc) is 2.47. The van der Waals surface area contributed by atoms with Crippen LogP contribution in [0.15, 0.2) is 47.3 Å². The van der Waals surface area contributed by atoms with E-state index in [9.17, 15) is 9.59 Å². The minimum absolute atomic E-state index is 0.0447. The summed E-state index contributed by atoms with van der Waals surface area (Å²) in [4.78, 5) is 30.4. The third-order valence-electron chi connectivity index (χ3n) is 3.29. The fourth-order valence-electron chi connectivity index (χ4n) is 2.22. The van der Waals surface area contributed by atoms with Gasteiger partial charge in [0.1, 0.15) is 5.82 Å². The molecule has 0 fully saturated rings. The summed E-state index contributed by atoms with van der Waals surface area (Å²) in [6.45, 7) is 1.97. The molecule has 0 saturated heterocycles. The Labute approximate surface area is 119 Å². The van der Waals surface area contributed by atoms with Gasteiger partial charge in [0.25, 0.3) is 5.56 Å². The fourth-order valence-corrected chi connectivity index (χ4v) is 2.22. The summed E-state index contributed by atoms with van der Waals surface area (Å²) in [5, 5.41) is 9.24. The number of aromatic nitrogens is 2. The smallest absolute Gasteiger partial charge is 0.336 e. The monoisotopic (exact) mass is 280 g/mol. The Morgan fingerprint density at radius 3 is 2.52 bits per heavy atom. The van der Waals surface area contributed by atoms with Gasteiger partial charge in [-0.2, -0.15) is 0 Å². The van der Waals surface area contributed by atoms with Crippen molar-refractivity contribution in [2.75, 3.05) is 0 Å².